The Kier molecular flexibility index (Phi) is 1.70. The second-order valence-corrected chi connectivity index (χ2v) is 4.16. The van der Waals surface area contributed by atoms with Crippen molar-refractivity contribution in [3.8, 4) is 0 Å². The van der Waals surface area contributed by atoms with Crippen molar-refractivity contribution in [3.05, 3.63) is 17.3 Å². The molecule has 0 saturated carbocycles. The van der Waals surface area contributed by atoms with Crippen LogP contribution in [-0.2, 0) is 6.54 Å². The molecule has 0 bridgehead atoms. The van der Waals surface area contributed by atoms with E-state index in [0.29, 0.717) is 11.9 Å². The summed E-state index contributed by atoms with van der Waals surface area (Å²) in [7, 11) is 0. The van der Waals surface area contributed by atoms with Crippen LogP contribution >= 0.6 is 0 Å². The van der Waals surface area contributed by atoms with Gasteiger partial charge in [-0.2, -0.15) is 5.10 Å². The maximum Gasteiger partial charge on any atom is 0.146 e. The van der Waals surface area contributed by atoms with Crippen molar-refractivity contribution in [1.29, 1.82) is 0 Å². The first-order chi connectivity index (χ1) is 6.84. The molecule has 1 atom stereocenters. The second-order valence-electron chi connectivity index (χ2n) is 4.16. The van der Waals surface area contributed by atoms with Crippen molar-refractivity contribution in [2.45, 2.75) is 31.8 Å². The van der Waals surface area contributed by atoms with E-state index in [1.54, 1.807) is 0 Å². The average molecular weight is 190 g/mol. The van der Waals surface area contributed by atoms with Crippen LogP contribution in [0.4, 0.5) is 5.82 Å². The zero-order valence-corrected chi connectivity index (χ0v) is 8.11. The molecule has 3 heterocycles. The van der Waals surface area contributed by atoms with Crippen LogP contribution in [0.2, 0.25) is 0 Å². The van der Waals surface area contributed by atoms with Gasteiger partial charge in [-0.05, 0) is 31.0 Å². The van der Waals surface area contributed by atoms with Crippen molar-refractivity contribution < 1.29 is 0 Å². The zero-order chi connectivity index (χ0) is 9.54. The molecule has 0 aliphatic carbocycles. The minimum absolute atomic E-state index is 0.520. The molecule has 0 aromatic carbocycles. The van der Waals surface area contributed by atoms with Gasteiger partial charge in [0.2, 0.25) is 0 Å². The topological polar surface area (TPSA) is 55.0 Å². The van der Waals surface area contributed by atoms with E-state index < -0.39 is 0 Å². The van der Waals surface area contributed by atoms with Crippen LogP contribution in [0.15, 0.2) is 6.07 Å². The molecular weight excluding hydrogens is 176 g/mol. The maximum atomic E-state index is 5.63. The SMILES string of the molecule is Nc1cc2c(nn1)C1CCCCN1C2. The highest BCUT2D eigenvalue weighted by molar-refractivity contribution is 5.37. The smallest absolute Gasteiger partial charge is 0.146 e. The molecule has 4 nitrogen and oxygen atoms in total. The van der Waals surface area contributed by atoms with Crippen LogP contribution < -0.4 is 5.73 Å². The molecule has 1 unspecified atom stereocenters. The quantitative estimate of drug-likeness (QED) is 0.665. The predicted octanol–water partition coefficient (Wildman–Crippen LogP) is 1.10. The molecule has 0 radical (unpaired) electrons. The molecule has 1 aromatic rings. The number of nitrogens with two attached hydrogens (primary N) is 1. The van der Waals surface area contributed by atoms with Gasteiger partial charge in [0, 0.05) is 6.54 Å². The van der Waals surface area contributed by atoms with E-state index in [-0.39, 0.29) is 0 Å². The Morgan fingerprint density at radius 1 is 1.36 bits per heavy atom. The number of nitrogen functional groups attached to an aromatic ring is 1. The van der Waals surface area contributed by atoms with Crippen LogP contribution in [0.25, 0.3) is 0 Å². The van der Waals surface area contributed by atoms with Gasteiger partial charge in [0.25, 0.3) is 0 Å². The molecule has 1 aromatic heterocycles. The molecule has 14 heavy (non-hydrogen) atoms. The molecule has 0 amide bonds. The van der Waals surface area contributed by atoms with Gasteiger partial charge in [0.05, 0.1) is 11.7 Å². The Morgan fingerprint density at radius 3 is 3.21 bits per heavy atom. The monoisotopic (exact) mass is 190 g/mol. The van der Waals surface area contributed by atoms with Gasteiger partial charge < -0.3 is 5.73 Å². The standard InChI is InChI=1S/C10H14N4/c11-9-5-7-6-14-4-2-1-3-8(14)10(7)13-12-9/h5,8H,1-4,6H2,(H2,11,12). The first-order valence-electron chi connectivity index (χ1n) is 5.20. The predicted molar refractivity (Wildman–Crippen MR) is 53.4 cm³/mol. The fourth-order valence-electron chi connectivity index (χ4n) is 2.57. The fourth-order valence-corrected chi connectivity index (χ4v) is 2.57. The largest absolute Gasteiger partial charge is 0.382 e. The Bertz CT molecular complexity index is 363. The minimum atomic E-state index is 0.520. The summed E-state index contributed by atoms with van der Waals surface area (Å²) in [4.78, 5) is 2.49. The first kappa shape index (κ1) is 8.17. The van der Waals surface area contributed by atoms with Gasteiger partial charge in [-0.15, -0.1) is 5.10 Å². The lowest BCUT2D eigenvalue weighted by Gasteiger charge is -2.28. The van der Waals surface area contributed by atoms with E-state index in [1.807, 2.05) is 6.07 Å². The molecule has 2 aliphatic rings. The van der Waals surface area contributed by atoms with Crippen LogP contribution in [-0.4, -0.2) is 21.6 Å². The summed E-state index contributed by atoms with van der Waals surface area (Å²) >= 11 is 0. The summed E-state index contributed by atoms with van der Waals surface area (Å²) < 4.78 is 0. The Hall–Kier alpha value is -1.16. The third kappa shape index (κ3) is 1.10. The molecule has 1 saturated heterocycles. The Morgan fingerprint density at radius 2 is 2.29 bits per heavy atom. The summed E-state index contributed by atoms with van der Waals surface area (Å²) in [6.45, 7) is 2.21. The van der Waals surface area contributed by atoms with E-state index in [4.69, 9.17) is 5.73 Å². The number of aromatic nitrogens is 2. The summed E-state index contributed by atoms with van der Waals surface area (Å²) in [6, 6.07) is 2.49. The Balaban J connectivity index is 2.01. The number of fused-ring (bicyclic) bond motifs is 3. The van der Waals surface area contributed by atoms with E-state index in [0.717, 1.165) is 6.54 Å². The lowest BCUT2D eigenvalue weighted by Crippen LogP contribution is -2.27. The van der Waals surface area contributed by atoms with Gasteiger partial charge >= 0.3 is 0 Å². The van der Waals surface area contributed by atoms with Gasteiger partial charge in [-0.1, -0.05) is 6.42 Å². The molecule has 0 spiro atoms. The molecule has 3 rings (SSSR count). The van der Waals surface area contributed by atoms with E-state index in [2.05, 4.69) is 15.1 Å². The number of hydrogen-bond acceptors (Lipinski definition) is 4. The minimum Gasteiger partial charge on any atom is -0.382 e. The third-order valence-corrected chi connectivity index (χ3v) is 3.23. The van der Waals surface area contributed by atoms with Gasteiger partial charge in [-0.25, -0.2) is 0 Å². The van der Waals surface area contributed by atoms with Crippen molar-refractivity contribution in [2.75, 3.05) is 12.3 Å². The Labute approximate surface area is 83.1 Å². The highest BCUT2D eigenvalue weighted by atomic mass is 15.2. The average Bonchev–Trinajstić information content (AvgIpc) is 2.54. The first-order valence-corrected chi connectivity index (χ1v) is 5.20. The lowest BCUT2D eigenvalue weighted by molar-refractivity contribution is 0.162. The molecule has 2 aliphatic heterocycles. The fraction of sp³-hybridized carbons (Fsp3) is 0.600. The van der Waals surface area contributed by atoms with Crippen molar-refractivity contribution in [2.24, 2.45) is 0 Å². The molecule has 2 N–H and O–H groups in total. The molecule has 74 valence electrons. The lowest BCUT2D eigenvalue weighted by atomic mass is 10.0. The number of anilines is 1. The van der Waals surface area contributed by atoms with Crippen LogP contribution in [0.1, 0.15) is 36.6 Å². The summed E-state index contributed by atoms with van der Waals surface area (Å²) in [6.07, 6.45) is 3.85. The molecule has 1 fully saturated rings. The molecule has 4 heteroatoms. The van der Waals surface area contributed by atoms with Crippen molar-refractivity contribution >= 4 is 5.82 Å². The summed E-state index contributed by atoms with van der Waals surface area (Å²) in [5.41, 5.74) is 8.08. The van der Waals surface area contributed by atoms with Crippen LogP contribution in [0.3, 0.4) is 0 Å². The summed E-state index contributed by atoms with van der Waals surface area (Å²) in [5, 5.41) is 8.17. The van der Waals surface area contributed by atoms with Crippen LogP contribution in [0.5, 0.6) is 0 Å². The van der Waals surface area contributed by atoms with Gasteiger partial charge in [-0.3, -0.25) is 4.90 Å². The van der Waals surface area contributed by atoms with E-state index in [9.17, 15) is 0 Å². The second kappa shape index (κ2) is 2.92. The molecular formula is C10H14N4. The van der Waals surface area contributed by atoms with Gasteiger partial charge in [0.15, 0.2) is 0 Å². The zero-order valence-electron chi connectivity index (χ0n) is 8.11. The maximum absolute atomic E-state index is 5.63. The number of piperidine rings is 1. The highest BCUT2D eigenvalue weighted by Gasteiger charge is 2.33. The highest BCUT2D eigenvalue weighted by Crippen LogP contribution is 2.38. The number of hydrogen-bond donors (Lipinski definition) is 1. The number of rotatable bonds is 0. The number of nitrogens with zero attached hydrogens (tertiary/aromatic N) is 3. The van der Waals surface area contributed by atoms with Crippen LogP contribution in [0, 0.1) is 0 Å². The third-order valence-electron chi connectivity index (χ3n) is 3.23. The normalized spacial score (nSPS) is 25.9. The van der Waals surface area contributed by atoms with E-state index in [1.165, 1.54) is 37.1 Å². The van der Waals surface area contributed by atoms with Crippen molar-refractivity contribution in [3.63, 3.8) is 0 Å². The van der Waals surface area contributed by atoms with Gasteiger partial charge in [0.1, 0.15) is 5.82 Å². The summed E-state index contributed by atoms with van der Waals surface area (Å²) in [5.74, 6) is 0.545. The van der Waals surface area contributed by atoms with Crippen molar-refractivity contribution in [1.82, 2.24) is 15.1 Å². The van der Waals surface area contributed by atoms with E-state index >= 15 is 0 Å².